The molecule has 3 atom stereocenters. The van der Waals surface area contributed by atoms with Crippen molar-refractivity contribution >= 4 is 22.6 Å². The smallest absolute Gasteiger partial charge is 0.0751 e. The Morgan fingerprint density at radius 1 is 1.42 bits per heavy atom. The lowest BCUT2D eigenvalue weighted by Crippen LogP contribution is -2.26. The summed E-state index contributed by atoms with van der Waals surface area (Å²) in [5.74, 6) is 0.888. The van der Waals surface area contributed by atoms with Crippen molar-refractivity contribution in [3.8, 4) is 0 Å². The topological polar surface area (TPSA) is 9.23 Å². The van der Waals surface area contributed by atoms with Crippen molar-refractivity contribution in [3.05, 3.63) is 0 Å². The first-order valence-electron chi connectivity index (χ1n) is 4.97. The highest BCUT2D eigenvalue weighted by Gasteiger charge is 2.42. The summed E-state index contributed by atoms with van der Waals surface area (Å²) in [6.07, 6.45) is 7.47. The minimum Gasteiger partial charge on any atom is -0.371 e. The van der Waals surface area contributed by atoms with Crippen LogP contribution in [0.3, 0.4) is 0 Å². The predicted molar refractivity (Wildman–Crippen MR) is 58.7 cm³/mol. The Labute approximate surface area is 88.4 Å². The second-order valence-corrected chi connectivity index (χ2v) is 5.25. The summed E-state index contributed by atoms with van der Waals surface area (Å²) in [6.45, 7) is 2.28. The molecule has 0 spiro atoms. The van der Waals surface area contributed by atoms with Gasteiger partial charge >= 0.3 is 0 Å². The Hall–Kier alpha value is 0.690. The predicted octanol–water partition coefficient (Wildman–Crippen LogP) is 3.16. The van der Waals surface area contributed by atoms with Crippen molar-refractivity contribution in [1.29, 1.82) is 0 Å². The molecule has 0 aromatic carbocycles. The zero-order valence-corrected chi connectivity index (χ0v) is 9.84. The molecule has 1 aliphatic carbocycles. The standard InChI is InChI=1S/C10H17IO/c1-10(7-11)6-8-4-2-3-5-9(8)12-10/h8-9H,2-7H2,1H3/t8-,9?,10?/m1/s1. The lowest BCUT2D eigenvalue weighted by atomic mass is 9.84. The third-order valence-corrected chi connectivity index (χ3v) is 4.87. The van der Waals surface area contributed by atoms with Crippen LogP contribution in [0.5, 0.6) is 0 Å². The highest BCUT2D eigenvalue weighted by molar-refractivity contribution is 14.1. The molecule has 1 nitrogen and oxygen atoms in total. The normalized spacial score (nSPS) is 47.5. The van der Waals surface area contributed by atoms with Gasteiger partial charge in [-0.15, -0.1) is 0 Å². The summed E-state index contributed by atoms with van der Waals surface area (Å²) < 4.78 is 7.25. The number of rotatable bonds is 1. The van der Waals surface area contributed by atoms with Gasteiger partial charge in [0.05, 0.1) is 11.7 Å². The monoisotopic (exact) mass is 280 g/mol. The van der Waals surface area contributed by atoms with E-state index in [1.165, 1.54) is 32.1 Å². The molecule has 0 aromatic heterocycles. The molecule has 0 N–H and O–H groups in total. The van der Waals surface area contributed by atoms with E-state index in [2.05, 4.69) is 29.5 Å². The van der Waals surface area contributed by atoms with Crippen molar-refractivity contribution in [1.82, 2.24) is 0 Å². The van der Waals surface area contributed by atoms with Crippen LogP contribution < -0.4 is 0 Å². The van der Waals surface area contributed by atoms with Crippen molar-refractivity contribution in [2.75, 3.05) is 4.43 Å². The fraction of sp³-hybridized carbons (Fsp3) is 1.00. The van der Waals surface area contributed by atoms with Gasteiger partial charge in [-0.3, -0.25) is 0 Å². The second kappa shape index (κ2) is 3.45. The van der Waals surface area contributed by atoms with Crippen LogP contribution >= 0.6 is 22.6 Å². The lowest BCUT2D eigenvalue weighted by Gasteiger charge is -2.24. The van der Waals surface area contributed by atoms with Gasteiger partial charge in [0, 0.05) is 4.43 Å². The van der Waals surface area contributed by atoms with Crippen molar-refractivity contribution in [2.24, 2.45) is 5.92 Å². The Balaban J connectivity index is 2.02. The second-order valence-electron chi connectivity index (χ2n) is 4.49. The fourth-order valence-electron chi connectivity index (χ4n) is 2.62. The highest BCUT2D eigenvalue weighted by Crippen LogP contribution is 2.43. The summed E-state index contributed by atoms with van der Waals surface area (Å²) in [7, 11) is 0. The molecule has 0 bridgehead atoms. The minimum atomic E-state index is 0.209. The van der Waals surface area contributed by atoms with Gasteiger partial charge in [0.2, 0.25) is 0 Å². The maximum Gasteiger partial charge on any atom is 0.0751 e. The van der Waals surface area contributed by atoms with Crippen LogP contribution in [0, 0.1) is 5.92 Å². The molecule has 1 aliphatic heterocycles. The number of fused-ring (bicyclic) bond motifs is 1. The van der Waals surface area contributed by atoms with E-state index >= 15 is 0 Å². The fourth-order valence-corrected chi connectivity index (χ4v) is 3.11. The van der Waals surface area contributed by atoms with Gasteiger partial charge < -0.3 is 4.74 Å². The molecule has 12 heavy (non-hydrogen) atoms. The SMILES string of the molecule is CC1(CI)C[C@H]2CCCCC2O1. The Morgan fingerprint density at radius 3 is 2.83 bits per heavy atom. The number of alkyl halides is 1. The van der Waals surface area contributed by atoms with Gasteiger partial charge in [0.15, 0.2) is 0 Å². The molecule has 0 amide bonds. The first-order chi connectivity index (χ1) is 5.73. The largest absolute Gasteiger partial charge is 0.371 e. The molecule has 2 rings (SSSR count). The third kappa shape index (κ3) is 1.65. The van der Waals surface area contributed by atoms with Crippen molar-refractivity contribution in [2.45, 2.75) is 50.7 Å². The molecular weight excluding hydrogens is 263 g/mol. The first kappa shape index (κ1) is 9.25. The van der Waals surface area contributed by atoms with Crippen molar-refractivity contribution in [3.63, 3.8) is 0 Å². The molecule has 0 radical (unpaired) electrons. The first-order valence-corrected chi connectivity index (χ1v) is 6.50. The molecule has 2 fully saturated rings. The lowest BCUT2D eigenvalue weighted by molar-refractivity contribution is -0.0257. The number of halogens is 1. The zero-order valence-electron chi connectivity index (χ0n) is 7.68. The maximum atomic E-state index is 6.09. The van der Waals surface area contributed by atoms with Gasteiger partial charge in [-0.1, -0.05) is 35.4 Å². The van der Waals surface area contributed by atoms with Crippen LogP contribution in [0.4, 0.5) is 0 Å². The molecule has 2 heteroatoms. The van der Waals surface area contributed by atoms with Gasteiger partial charge in [0.25, 0.3) is 0 Å². The number of hydrogen-bond donors (Lipinski definition) is 0. The highest BCUT2D eigenvalue weighted by atomic mass is 127. The van der Waals surface area contributed by atoms with E-state index in [1.54, 1.807) is 0 Å². The molecule has 1 heterocycles. The summed E-state index contributed by atoms with van der Waals surface area (Å²) in [5.41, 5.74) is 0.209. The molecule has 2 unspecified atom stereocenters. The van der Waals surface area contributed by atoms with Crippen LogP contribution in [0.1, 0.15) is 39.0 Å². The summed E-state index contributed by atoms with van der Waals surface area (Å²) in [6, 6.07) is 0. The Kier molecular flexibility index (Phi) is 2.66. The van der Waals surface area contributed by atoms with Crippen LogP contribution in [0.25, 0.3) is 0 Å². The molecular formula is C10H17IO. The Bertz CT molecular complexity index is 155. The zero-order chi connectivity index (χ0) is 8.60. The van der Waals surface area contributed by atoms with E-state index in [-0.39, 0.29) is 5.60 Å². The quantitative estimate of drug-likeness (QED) is 0.529. The number of hydrogen-bond acceptors (Lipinski definition) is 1. The third-order valence-electron chi connectivity index (χ3n) is 3.25. The van der Waals surface area contributed by atoms with Crippen LogP contribution in [0.15, 0.2) is 0 Å². The van der Waals surface area contributed by atoms with Gasteiger partial charge in [-0.05, 0) is 32.1 Å². The molecule has 1 saturated heterocycles. The average Bonchev–Trinajstić information content (AvgIpc) is 2.42. The molecule has 1 saturated carbocycles. The summed E-state index contributed by atoms with van der Waals surface area (Å²) in [5, 5.41) is 0. The van der Waals surface area contributed by atoms with E-state index in [0.29, 0.717) is 6.10 Å². The molecule has 70 valence electrons. The molecule has 0 aromatic rings. The van der Waals surface area contributed by atoms with Gasteiger partial charge in [-0.2, -0.15) is 0 Å². The van der Waals surface area contributed by atoms with Gasteiger partial charge in [0.1, 0.15) is 0 Å². The van der Waals surface area contributed by atoms with Crippen LogP contribution in [-0.2, 0) is 4.74 Å². The minimum absolute atomic E-state index is 0.209. The molecule has 2 aliphatic rings. The van der Waals surface area contributed by atoms with Crippen LogP contribution in [0.2, 0.25) is 0 Å². The average molecular weight is 280 g/mol. The van der Waals surface area contributed by atoms with E-state index in [9.17, 15) is 0 Å². The number of ether oxygens (including phenoxy) is 1. The summed E-state index contributed by atoms with van der Waals surface area (Å²) in [4.78, 5) is 0. The van der Waals surface area contributed by atoms with E-state index < -0.39 is 0 Å². The van der Waals surface area contributed by atoms with Crippen LogP contribution in [-0.4, -0.2) is 16.1 Å². The van der Waals surface area contributed by atoms with Crippen molar-refractivity contribution < 1.29 is 4.74 Å². The Morgan fingerprint density at radius 2 is 2.17 bits per heavy atom. The van der Waals surface area contributed by atoms with E-state index in [4.69, 9.17) is 4.74 Å². The van der Waals surface area contributed by atoms with Gasteiger partial charge in [-0.25, -0.2) is 0 Å². The summed E-state index contributed by atoms with van der Waals surface area (Å²) >= 11 is 2.45. The maximum absolute atomic E-state index is 6.09. The van der Waals surface area contributed by atoms with E-state index in [0.717, 1.165) is 10.3 Å². The van der Waals surface area contributed by atoms with E-state index in [1.807, 2.05) is 0 Å².